The van der Waals surface area contributed by atoms with Crippen LogP contribution in [0.1, 0.15) is 11.1 Å². The second-order valence-electron chi connectivity index (χ2n) is 4.99. The zero-order valence-corrected chi connectivity index (χ0v) is 12.7. The number of halogens is 3. The number of rotatable bonds is 6. The van der Waals surface area contributed by atoms with E-state index in [1.54, 1.807) is 6.07 Å². The van der Waals surface area contributed by atoms with Crippen LogP contribution in [0.4, 0.5) is 18.9 Å². The third-order valence-electron chi connectivity index (χ3n) is 3.21. The summed E-state index contributed by atoms with van der Waals surface area (Å²) in [4.78, 5) is 22.3. The first-order chi connectivity index (χ1) is 11.8. The maximum atomic E-state index is 12.4. The fraction of sp³-hybridized carbons (Fsp3) is 0.188. The number of nitro groups is 1. The van der Waals surface area contributed by atoms with E-state index < -0.39 is 22.9 Å². The fourth-order valence-electron chi connectivity index (χ4n) is 2.14. The number of nitro benzene ring substituents is 1. The maximum Gasteiger partial charge on any atom is 0.573 e. The molecular formula is C16H13F3N2O4. The zero-order chi connectivity index (χ0) is 18.4. The molecule has 9 heteroatoms. The van der Waals surface area contributed by atoms with E-state index in [1.165, 1.54) is 36.4 Å². The SMILES string of the molecule is O=C(Cc1ccccc1[N+](=O)[O-])NCc1ccccc1OC(F)(F)F. The first-order valence-corrected chi connectivity index (χ1v) is 7.09. The van der Waals surface area contributed by atoms with Crippen molar-refractivity contribution in [3.8, 4) is 5.75 Å². The van der Waals surface area contributed by atoms with E-state index in [0.717, 1.165) is 6.07 Å². The number of amides is 1. The van der Waals surface area contributed by atoms with Gasteiger partial charge < -0.3 is 10.1 Å². The Bertz CT molecular complexity index is 778. The van der Waals surface area contributed by atoms with Crippen LogP contribution in [-0.4, -0.2) is 17.2 Å². The lowest BCUT2D eigenvalue weighted by Crippen LogP contribution is -2.26. The van der Waals surface area contributed by atoms with Crippen molar-refractivity contribution in [2.24, 2.45) is 0 Å². The minimum Gasteiger partial charge on any atom is -0.405 e. The summed E-state index contributed by atoms with van der Waals surface area (Å²) in [6.45, 7) is -0.203. The number of carbonyl (C=O) groups is 1. The molecule has 6 nitrogen and oxygen atoms in total. The summed E-state index contributed by atoms with van der Waals surface area (Å²) in [7, 11) is 0. The Morgan fingerprint density at radius 2 is 1.68 bits per heavy atom. The highest BCUT2D eigenvalue weighted by atomic mass is 19.4. The maximum absolute atomic E-state index is 12.4. The van der Waals surface area contributed by atoms with Gasteiger partial charge in [0.05, 0.1) is 11.3 Å². The van der Waals surface area contributed by atoms with Crippen LogP contribution in [0, 0.1) is 10.1 Å². The van der Waals surface area contributed by atoms with Gasteiger partial charge in [-0.1, -0.05) is 36.4 Å². The van der Waals surface area contributed by atoms with Gasteiger partial charge in [0, 0.05) is 23.7 Å². The lowest BCUT2D eigenvalue weighted by atomic mass is 10.1. The number of hydrogen-bond acceptors (Lipinski definition) is 4. The molecule has 2 aromatic carbocycles. The molecule has 0 aromatic heterocycles. The highest BCUT2D eigenvalue weighted by Gasteiger charge is 2.32. The number of benzene rings is 2. The molecule has 2 rings (SSSR count). The van der Waals surface area contributed by atoms with Crippen LogP contribution in [0.5, 0.6) is 5.75 Å². The lowest BCUT2D eigenvalue weighted by molar-refractivity contribution is -0.385. The van der Waals surface area contributed by atoms with Gasteiger partial charge in [0.1, 0.15) is 5.75 Å². The topological polar surface area (TPSA) is 81.5 Å². The molecular weight excluding hydrogens is 341 g/mol. The molecule has 2 aromatic rings. The number of nitrogens with zero attached hydrogens (tertiary/aromatic N) is 1. The molecule has 1 N–H and O–H groups in total. The molecule has 0 aliphatic heterocycles. The van der Waals surface area contributed by atoms with Gasteiger partial charge in [-0.25, -0.2) is 0 Å². The van der Waals surface area contributed by atoms with Crippen LogP contribution >= 0.6 is 0 Å². The molecule has 0 unspecified atom stereocenters. The van der Waals surface area contributed by atoms with E-state index >= 15 is 0 Å². The van der Waals surface area contributed by atoms with Gasteiger partial charge >= 0.3 is 6.36 Å². The molecule has 0 aliphatic carbocycles. The molecule has 0 saturated carbocycles. The van der Waals surface area contributed by atoms with Gasteiger partial charge in [-0.2, -0.15) is 0 Å². The molecule has 0 fully saturated rings. The molecule has 0 saturated heterocycles. The monoisotopic (exact) mass is 354 g/mol. The van der Waals surface area contributed by atoms with E-state index in [0.29, 0.717) is 0 Å². The van der Waals surface area contributed by atoms with Gasteiger partial charge in [-0.3, -0.25) is 14.9 Å². The van der Waals surface area contributed by atoms with Crippen molar-refractivity contribution in [3.63, 3.8) is 0 Å². The summed E-state index contributed by atoms with van der Waals surface area (Å²) in [6, 6.07) is 11.1. The second kappa shape index (κ2) is 7.65. The Morgan fingerprint density at radius 3 is 2.32 bits per heavy atom. The number of para-hydroxylation sites is 2. The summed E-state index contributed by atoms with van der Waals surface area (Å²) >= 11 is 0. The number of hydrogen-bond donors (Lipinski definition) is 1. The average Bonchev–Trinajstić information content (AvgIpc) is 2.53. The van der Waals surface area contributed by atoms with E-state index in [-0.39, 0.29) is 29.8 Å². The molecule has 0 bridgehead atoms. The van der Waals surface area contributed by atoms with Crippen molar-refractivity contribution in [2.45, 2.75) is 19.3 Å². The standard InChI is InChI=1S/C16H13F3N2O4/c17-16(18,19)25-14-8-4-2-6-12(14)10-20-15(22)9-11-5-1-3-7-13(11)21(23)24/h1-8H,9-10H2,(H,20,22). The Kier molecular flexibility index (Phi) is 5.58. The van der Waals surface area contributed by atoms with Crippen molar-refractivity contribution in [1.82, 2.24) is 5.32 Å². The van der Waals surface area contributed by atoms with Crippen molar-refractivity contribution in [2.75, 3.05) is 0 Å². The molecule has 132 valence electrons. The molecule has 1 amide bonds. The number of carbonyl (C=O) groups excluding carboxylic acids is 1. The van der Waals surface area contributed by atoms with E-state index in [4.69, 9.17) is 0 Å². The van der Waals surface area contributed by atoms with Crippen LogP contribution in [-0.2, 0) is 17.8 Å². The predicted octanol–water partition coefficient (Wildman–Crippen LogP) is 3.35. The fourth-order valence-corrected chi connectivity index (χ4v) is 2.14. The highest BCUT2D eigenvalue weighted by molar-refractivity contribution is 5.79. The first kappa shape index (κ1) is 18.2. The van der Waals surface area contributed by atoms with Crippen LogP contribution < -0.4 is 10.1 Å². The Balaban J connectivity index is 2.03. The first-order valence-electron chi connectivity index (χ1n) is 7.09. The van der Waals surface area contributed by atoms with Crippen LogP contribution in [0.3, 0.4) is 0 Å². The summed E-state index contributed by atoms with van der Waals surface area (Å²) in [5, 5.41) is 13.3. The van der Waals surface area contributed by atoms with E-state index in [1.807, 2.05) is 0 Å². The highest BCUT2D eigenvalue weighted by Crippen LogP contribution is 2.26. The normalized spacial score (nSPS) is 11.0. The lowest BCUT2D eigenvalue weighted by Gasteiger charge is -2.13. The summed E-state index contributed by atoms with van der Waals surface area (Å²) in [5.74, 6) is -0.975. The van der Waals surface area contributed by atoms with Gasteiger partial charge in [0.15, 0.2) is 0 Å². The molecule has 0 aliphatic rings. The zero-order valence-electron chi connectivity index (χ0n) is 12.7. The molecule has 0 spiro atoms. The number of ether oxygens (including phenoxy) is 1. The summed E-state index contributed by atoms with van der Waals surface area (Å²) in [6.07, 6.45) is -5.11. The summed E-state index contributed by atoms with van der Waals surface area (Å²) < 4.78 is 41.0. The third-order valence-corrected chi connectivity index (χ3v) is 3.21. The molecule has 0 heterocycles. The molecule has 25 heavy (non-hydrogen) atoms. The van der Waals surface area contributed by atoms with Crippen molar-refractivity contribution < 1.29 is 27.6 Å². The molecule has 0 radical (unpaired) electrons. The van der Waals surface area contributed by atoms with Crippen molar-refractivity contribution in [3.05, 3.63) is 69.8 Å². The quantitative estimate of drug-likeness (QED) is 0.637. The van der Waals surface area contributed by atoms with E-state index in [2.05, 4.69) is 10.1 Å². The second-order valence-corrected chi connectivity index (χ2v) is 4.99. The minimum absolute atomic E-state index is 0.135. The van der Waals surface area contributed by atoms with Gasteiger partial charge in [0.2, 0.25) is 5.91 Å². The van der Waals surface area contributed by atoms with Crippen molar-refractivity contribution in [1.29, 1.82) is 0 Å². The van der Waals surface area contributed by atoms with Gasteiger partial charge in [0.25, 0.3) is 5.69 Å². The summed E-state index contributed by atoms with van der Waals surface area (Å²) in [5.41, 5.74) is 0.152. The Morgan fingerprint density at radius 1 is 1.08 bits per heavy atom. The smallest absolute Gasteiger partial charge is 0.405 e. The van der Waals surface area contributed by atoms with Crippen molar-refractivity contribution >= 4 is 11.6 Å². The predicted molar refractivity (Wildman–Crippen MR) is 81.8 cm³/mol. The third kappa shape index (κ3) is 5.48. The van der Waals surface area contributed by atoms with Gasteiger partial charge in [-0.05, 0) is 6.07 Å². The number of nitrogens with one attached hydrogen (secondary N) is 1. The Labute approximate surface area is 140 Å². The van der Waals surface area contributed by atoms with E-state index in [9.17, 15) is 28.1 Å². The largest absolute Gasteiger partial charge is 0.573 e. The number of alkyl halides is 3. The molecule has 0 atom stereocenters. The van der Waals surface area contributed by atoms with Crippen LogP contribution in [0.2, 0.25) is 0 Å². The average molecular weight is 354 g/mol. The van der Waals surface area contributed by atoms with Crippen LogP contribution in [0.15, 0.2) is 48.5 Å². The van der Waals surface area contributed by atoms with Gasteiger partial charge in [-0.15, -0.1) is 13.2 Å². The Hall–Kier alpha value is -3.10. The van der Waals surface area contributed by atoms with Crippen LogP contribution in [0.25, 0.3) is 0 Å². The minimum atomic E-state index is -4.84.